The first-order valence-electron chi connectivity index (χ1n) is 11.6. The summed E-state index contributed by atoms with van der Waals surface area (Å²) in [6.45, 7) is 9.54. The summed E-state index contributed by atoms with van der Waals surface area (Å²) < 4.78 is 1.86. The standard InChI is InChI=1S/C25H33N3OS2/c1-4-6-7-8-9-16-30-25-26-23-22(20-14-15-27(5-2)17-21(20)31-23)24(29)28(25)19-12-10-18(3)11-13-19/h10-13H,4-9,14-17H2,1-3H3. The second kappa shape index (κ2) is 10.3. The van der Waals surface area contributed by atoms with Crippen molar-refractivity contribution in [1.29, 1.82) is 0 Å². The van der Waals surface area contributed by atoms with Gasteiger partial charge in [0.25, 0.3) is 5.56 Å². The molecule has 0 saturated carbocycles. The highest BCUT2D eigenvalue weighted by atomic mass is 32.2. The molecule has 6 heteroatoms. The van der Waals surface area contributed by atoms with Gasteiger partial charge < -0.3 is 0 Å². The van der Waals surface area contributed by atoms with E-state index in [0.717, 1.165) is 52.9 Å². The van der Waals surface area contributed by atoms with E-state index in [4.69, 9.17) is 4.98 Å². The normalized spacial score (nSPS) is 14.3. The van der Waals surface area contributed by atoms with Gasteiger partial charge in [0.1, 0.15) is 4.83 Å². The van der Waals surface area contributed by atoms with Crippen molar-refractivity contribution in [3.05, 3.63) is 50.6 Å². The summed E-state index contributed by atoms with van der Waals surface area (Å²) in [6.07, 6.45) is 7.21. The summed E-state index contributed by atoms with van der Waals surface area (Å²) in [5.74, 6) is 1.00. The predicted molar refractivity (Wildman–Crippen MR) is 134 cm³/mol. The quantitative estimate of drug-likeness (QED) is 0.219. The van der Waals surface area contributed by atoms with Crippen molar-refractivity contribution in [2.45, 2.75) is 71.0 Å². The van der Waals surface area contributed by atoms with Crippen LogP contribution in [0.5, 0.6) is 0 Å². The second-order valence-electron chi connectivity index (χ2n) is 8.44. The van der Waals surface area contributed by atoms with Crippen molar-refractivity contribution >= 4 is 33.3 Å². The average Bonchev–Trinajstić information content (AvgIpc) is 3.14. The van der Waals surface area contributed by atoms with E-state index in [1.54, 1.807) is 23.1 Å². The van der Waals surface area contributed by atoms with E-state index < -0.39 is 0 Å². The molecule has 4 nitrogen and oxygen atoms in total. The number of thiophene rings is 1. The number of rotatable bonds is 9. The van der Waals surface area contributed by atoms with Crippen LogP contribution in [0.25, 0.3) is 15.9 Å². The highest BCUT2D eigenvalue weighted by Gasteiger charge is 2.25. The van der Waals surface area contributed by atoms with Crippen molar-refractivity contribution in [2.24, 2.45) is 0 Å². The molecule has 31 heavy (non-hydrogen) atoms. The Morgan fingerprint density at radius 2 is 1.87 bits per heavy atom. The van der Waals surface area contributed by atoms with Crippen LogP contribution in [-0.2, 0) is 13.0 Å². The van der Waals surface area contributed by atoms with Crippen LogP contribution < -0.4 is 5.56 Å². The topological polar surface area (TPSA) is 38.1 Å². The molecule has 1 aliphatic heterocycles. The molecule has 1 aliphatic rings. The Morgan fingerprint density at radius 3 is 2.61 bits per heavy atom. The smallest absolute Gasteiger partial charge is 0.267 e. The third kappa shape index (κ3) is 4.91. The fraction of sp³-hybridized carbons (Fsp3) is 0.520. The minimum Gasteiger partial charge on any atom is -0.298 e. The number of unbranched alkanes of at least 4 members (excludes halogenated alkanes) is 4. The van der Waals surface area contributed by atoms with Crippen molar-refractivity contribution < 1.29 is 0 Å². The van der Waals surface area contributed by atoms with Crippen molar-refractivity contribution in [3.8, 4) is 5.69 Å². The molecule has 0 aliphatic carbocycles. The number of nitrogens with zero attached hydrogens (tertiary/aromatic N) is 3. The van der Waals surface area contributed by atoms with Gasteiger partial charge in [-0.25, -0.2) is 4.98 Å². The lowest BCUT2D eigenvalue weighted by Crippen LogP contribution is -2.30. The minimum atomic E-state index is 0.102. The molecule has 0 bridgehead atoms. The maximum Gasteiger partial charge on any atom is 0.267 e. The Kier molecular flexibility index (Phi) is 7.51. The monoisotopic (exact) mass is 455 g/mol. The molecule has 2 aromatic heterocycles. The Labute approximate surface area is 193 Å². The number of aryl methyl sites for hydroxylation is 1. The zero-order chi connectivity index (χ0) is 21.8. The summed E-state index contributed by atoms with van der Waals surface area (Å²) in [4.78, 5) is 23.5. The van der Waals surface area contributed by atoms with Gasteiger partial charge in [0, 0.05) is 23.7 Å². The highest BCUT2D eigenvalue weighted by molar-refractivity contribution is 7.99. The molecular formula is C25H33N3OS2. The molecule has 0 saturated heterocycles. The number of hydrogen-bond donors (Lipinski definition) is 0. The van der Waals surface area contributed by atoms with Crippen LogP contribution in [0.2, 0.25) is 0 Å². The molecule has 1 aromatic carbocycles. The molecule has 4 rings (SSSR count). The Bertz CT molecular complexity index is 1080. The highest BCUT2D eigenvalue weighted by Crippen LogP contribution is 2.34. The van der Waals surface area contributed by atoms with Gasteiger partial charge in [-0.05, 0) is 44.0 Å². The maximum absolute atomic E-state index is 13.8. The molecule has 3 aromatic rings. The second-order valence-corrected chi connectivity index (χ2v) is 10.6. The third-order valence-corrected chi connectivity index (χ3v) is 8.28. The summed E-state index contributed by atoms with van der Waals surface area (Å²) >= 11 is 3.46. The van der Waals surface area contributed by atoms with E-state index in [2.05, 4.69) is 37.8 Å². The first-order valence-corrected chi connectivity index (χ1v) is 13.4. The lowest BCUT2D eigenvalue weighted by Gasteiger charge is -2.25. The largest absolute Gasteiger partial charge is 0.298 e. The lowest BCUT2D eigenvalue weighted by atomic mass is 10.1. The van der Waals surface area contributed by atoms with Crippen molar-refractivity contribution in [3.63, 3.8) is 0 Å². The van der Waals surface area contributed by atoms with Crippen LogP contribution >= 0.6 is 23.1 Å². The summed E-state index contributed by atoms with van der Waals surface area (Å²) in [5, 5.41) is 1.69. The number of thioether (sulfide) groups is 1. The van der Waals surface area contributed by atoms with Crippen molar-refractivity contribution in [1.82, 2.24) is 14.5 Å². The molecule has 0 spiro atoms. The Morgan fingerprint density at radius 1 is 1.10 bits per heavy atom. The van der Waals surface area contributed by atoms with E-state index in [0.29, 0.717) is 0 Å². The van der Waals surface area contributed by atoms with E-state index in [-0.39, 0.29) is 5.56 Å². The molecule has 0 radical (unpaired) electrons. The summed E-state index contributed by atoms with van der Waals surface area (Å²) in [7, 11) is 0. The van der Waals surface area contributed by atoms with Gasteiger partial charge in [0.05, 0.1) is 11.1 Å². The van der Waals surface area contributed by atoms with Crippen LogP contribution in [0.3, 0.4) is 0 Å². The fourth-order valence-electron chi connectivity index (χ4n) is 4.23. The molecular weight excluding hydrogens is 422 g/mol. The van der Waals surface area contributed by atoms with Gasteiger partial charge in [-0.15, -0.1) is 11.3 Å². The SMILES string of the molecule is CCCCCCCSc1nc2sc3c(c2c(=O)n1-c1ccc(C)cc1)CCN(CC)C3. The summed E-state index contributed by atoms with van der Waals surface area (Å²) in [6, 6.07) is 8.25. The fourth-order valence-corrected chi connectivity index (χ4v) is 6.55. The van der Waals surface area contributed by atoms with E-state index in [9.17, 15) is 4.79 Å². The first-order chi connectivity index (χ1) is 15.1. The van der Waals surface area contributed by atoms with Crippen LogP contribution in [0.4, 0.5) is 0 Å². The Hall–Kier alpha value is -1.63. The molecule has 3 heterocycles. The van der Waals surface area contributed by atoms with Crippen LogP contribution in [-0.4, -0.2) is 33.3 Å². The number of aromatic nitrogens is 2. The zero-order valence-electron chi connectivity index (χ0n) is 18.9. The van der Waals surface area contributed by atoms with Gasteiger partial charge in [-0.3, -0.25) is 14.3 Å². The van der Waals surface area contributed by atoms with E-state index >= 15 is 0 Å². The van der Waals surface area contributed by atoms with Crippen LogP contribution in [0.15, 0.2) is 34.2 Å². The first kappa shape index (κ1) is 22.6. The van der Waals surface area contributed by atoms with E-state index in [1.165, 1.54) is 48.1 Å². The van der Waals surface area contributed by atoms with Gasteiger partial charge in [0.15, 0.2) is 5.16 Å². The number of hydrogen-bond acceptors (Lipinski definition) is 5. The number of likely N-dealkylation sites (N-methyl/N-ethyl adjacent to an activating group) is 1. The molecule has 0 unspecified atom stereocenters. The Balaban J connectivity index is 1.72. The zero-order valence-corrected chi connectivity index (χ0v) is 20.6. The van der Waals surface area contributed by atoms with Gasteiger partial charge in [-0.1, -0.05) is 69.0 Å². The predicted octanol–water partition coefficient (Wildman–Crippen LogP) is 6.20. The van der Waals surface area contributed by atoms with Gasteiger partial charge in [0.2, 0.25) is 0 Å². The average molecular weight is 456 g/mol. The number of benzene rings is 1. The van der Waals surface area contributed by atoms with Gasteiger partial charge in [-0.2, -0.15) is 0 Å². The lowest BCUT2D eigenvalue weighted by molar-refractivity contribution is 0.272. The molecule has 0 amide bonds. The van der Waals surface area contributed by atoms with Crippen LogP contribution in [0, 0.1) is 6.92 Å². The summed E-state index contributed by atoms with van der Waals surface area (Å²) in [5.41, 5.74) is 3.46. The maximum atomic E-state index is 13.8. The van der Waals surface area contributed by atoms with E-state index in [1.807, 2.05) is 16.7 Å². The molecule has 0 atom stereocenters. The van der Waals surface area contributed by atoms with Crippen molar-refractivity contribution in [2.75, 3.05) is 18.8 Å². The minimum absolute atomic E-state index is 0.102. The molecule has 0 fully saturated rings. The molecule has 166 valence electrons. The third-order valence-electron chi connectivity index (χ3n) is 6.14. The van der Waals surface area contributed by atoms with Gasteiger partial charge >= 0.3 is 0 Å². The number of fused-ring (bicyclic) bond motifs is 3. The van der Waals surface area contributed by atoms with Crippen LogP contribution in [0.1, 0.15) is 62.0 Å². The molecule has 0 N–H and O–H groups in total.